The van der Waals surface area contributed by atoms with Gasteiger partial charge in [0.1, 0.15) is 15.7 Å². The van der Waals surface area contributed by atoms with Crippen LogP contribution < -0.4 is 19.5 Å². The molecular formula is C15H18N2O5S2. The van der Waals surface area contributed by atoms with E-state index in [9.17, 15) is 13.2 Å². The number of hydrogen-bond acceptors (Lipinski definition) is 6. The second kappa shape index (κ2) is 8.13. The summed E-state index contributed by atoms with van der Waals surface area (Å²) in [5.74, 6) is 0.651. The van der Waals surface area contributed by atoms with Crippen molar-refractivity contribution in [3.63, 3.8) is 0 Å². The van der Waals surface area contributed by atoms with E-state index in [-0.39, 0.29) is 23.2 Å². The van der Waals surface area contributed by atoms with Crippen LogP contribution in [0.3, 0.4) is 0 Å². The van der Waals surface area contributed by atoms with Gasteiger partial charge in [0, 0.05) is 24.7 Å². The molecule has 0 saturated heterocycles. The van der Waals surface area contributed by atoms with E-state index in [1.807, 2.05) is 0 Å². The summed E-state index contributed by atoms with van der Waals surface area (Å²) in [6.07, 6.45) is 0. The minimum atomic E-state index is -3.52. The van der Waals surface area contributed by atoms with Crippen molar-refractivity contribution in [3.05, 3.63) is 41.3 Å². The van der Waals surface area contributed by atoms with Crippen molar-refractivity contribution in [1.29, 1.82) is 0 Å². The first kappa shape index (κ1) is 18.2. The maximum absolute atomic E-state index is 12.1. The standard InChI is InChI=1S/C15H18N2O5S2/c1-21-12-8-11(9-13(10-12)22-2)15(18)16-5-6-17-24(19,20)14-4-3-7-23-14/h3-4,7-10,17H,5-6H2,1-2H3,(H,16,18). The smallest absolute Gasteiger partial charge is 0.251 e. The Kier molecular flexibility index (Phi) is 6.18. The Bertz CT molecular complexity index is 766. The maximum atomic E-state index is 12.1. The van der Waals surface area contributed by atoms with Crippen LogP contribution in [0.25, 0.3) is 0 Å². The van der Waals surface area contributed by atoms with Gasteiger partial charge in [-0.1, -0.05) is 6.07 Å². The van der Waals surface area contributed by atoms with Gasteiger partial charge in [-0.3, -0.25) is 4.79 Å². The van der Waals surface area contributed by atoms with Gasteiger partial charge in [0.15, 0.2) is 0 Å². The molecule has 0 radical (unpaired) electrons. The number of carbonyl (C=O) groups excluding carboxylic acids is 1. The number of carbonyl (C=O) groups is 1. The minimum absolute atomic E-state index is 0.0904. The fourth-order valence-electron chi connectivity index (χ4n) is 1.89. The molecule has 0 aliphatic carbocycles. The molecule has 2 aromatic rings. The van der Waals surface area contributed by atoms with E-state index < -0.39 is 10.0 Å². The molecule has 0 bridgehead atoms. The molecular weight excluding hydrogens is 352 g/mol. The third-order valence-electron chi connectivity index (χ3n) is 3.08. The zero-order valence-electron chi connectivity index (χ0n) is 13.2. The van der Waals surface area contributed by atoms with Gasteiger partial charge >= 0.3 is 0 Å². The SMILES string of the molecule is COc1cc(OC)cc(C(=O)NCCNS(=O)(=O)c2cccs2)c1. The normalized spacial score (nSPS) is 11.1. The Balaban J connectivity index is 1.90. The van der Waals surface area contributed by atoms with Crippen molar-refractivity contribution < 1.29 is 22.7 Å². The molecule has 7 nitrogen and oxygen atoms in total. The summed E-state index contributed by atoms with van der Waals surface area (Å²) in [5.41, 5.74) is 0.368. The number of thiophene rings is 1. The summed E-state index contributed by atoms with van der Waals surface area (Å²) >= 11 is 1.13. The fraction of sp³-hybridized carbons (Fsp3) is 0.267. The van der Waals surface area contributed by atoms with E-state index in [4.69, 9.17) is 9.47 Å². The van der Waals surface area contributed by atoms with Crippen LogP contribution in [0, 0.1) is 0 Å². The molecule has 24 heavy (non-hydrogen) atoms. The van der Waals surface area contributed by atoms with Gasteiger partial charge in [-0.25, -0.2) is 13.1 Å². The quantitative estimate of drug-likeness (QED) is 0.687. The van der Waals surface area contributed by atoms with Crippen LogP contribution in [-0.2, 0) is 10.0 Å². The van der Waals surface area contributed by atoms with Gasteiger partial charge in [0.2, 0.25) is 10.0 Å². The first-order valence-electron chi connectivity index (χ1n) is 7.00. The second-order valence-electron chi connectivity index (χ2n) is 4.69. The molecule has 9 heteroatoms. The predicted molar refractivity (Wildman–Crippen MR) is 91.4 cm³/mol. The lowest BCUT2D eigenvalue weighted by Crippen LogP contribution is -2.34. The Hall–Kier alpha value is -2.10. The molecule has 1 amide bonds. The molecule has 2 N–H and O–H groups in total. The third-order valence-corrected chi connectivity index (χ3v) is 5.93. The molecule has 0 unspecified atom stereocenters. The molecule has 0 atom stereocenters. The van der Waals surface area contributed by atoms with Crippen LogP contribution in [-0.4, -0.2) is 41.6 Å². The van der Waals surface area contributed by atoms with Crippen molar-refractivity contribution in [2.24, 2.45) is 0 Å². The van der Waals surface area contributed by atoms with E-state index in [0.717, 1.165) is 11.3 Å². The van der Waals surface area contributed by atoms with Gasteiger partial charge < -0.3 is 14.8 Å². The minimum Gasteiger partial charge on any atom is -0.497 e. The van der Waals surface area contributed by atoms with E-state index in [0.29, 0.717) is 17.1 Å². The number of nitrogens with one attached hydrogen (secondary N) is 2. The van der Waals surface area contributed by atoms with Gasteiger partial charge in [-0.2, -0.15) is 0 Å². The van der Waals surface area contributed by atoms with Crippen LogP contribution in [0.1, 0.15) is 10.4 Å². The van der Waals surface area contributed by atoms with Gasteiger partial charge in [-0.05, 0) is 23.6 Å². The van der Waals surface area contributed by atoms with E-state index in [1.165, 1.54) is 20.3 Å². The number of sulfonamides is 1. The number of ether oxygens (including phenoxy) is 2. The zero-order chi connectivity index (χ0) is 17.6. The maximum Gasteiger partial charge on any atom is 0.251 e. The van der Waals surface area contributed by atoms with Crippen LogP contribution in [0.15, 0.2) is 39.9 Å². The van der Waals surface area contributed by atoms with Crippen molar-refractivity contribution in [2.45, 2.75) is 4.21 Å². The van der Waals surface area contributed by atoms with E-state index >= 15 is 0 Å². The lowest BCUT2D eigenvalue weighted by Gasteiger charge is -2.09. The number of amides is 1. The first-order valence-corrected chi connectivity index (χ1v) is 9.37. The number of rotatable bonds is 8. The molecule has 0 fully saturated rings. The largest absolute Gasteiger partial charge is 0.497 e. The summed E-state index contributed by atoms with van der Waals surface area (Å²) in [6, 6.07) is 8.00. The zero-order valence-corrected chi connectivity index (χ0v) is 14.9. The summed E-state index contributed by atoms with van der Waals surface area (Å²) in [4.78, 5) is 12.1. The van der Waals surface area contributed by atoms with Crippen LogP contribution in [0.4, 0.5) is 0 Å². The van der Waals surface area contributed by atoms with Crippen molar-refractivity contribution in [2.75, 3.05) is 27.3 Å². The topological polar surface area (TPSA) is 93.7 Å². The highest BCUT2D eigenvalue weighted by Gasteiger charge is 2.14. The molecule has 0 spiro atoms. The van der Waals surface area contributed by atoms with Crippen molar-refractivity contribution in [3.8, 4) is 11.5 Å². The highest BCUT2D eigenvalue weighted by Crippen LogP contribution is 2.22. The fourth-order valence-corrected chi connectivity index (χ4v) is 3.96. The van der Waals surface area contributed by atoms with Crippen molar-refractivity contribution >= 4 is 27.3 Å². The first-order chi connectivity index (χ1) is 11.5. The molecule has 0 saturated carbocycles. The summed E-state index contributed by atoms with van der Waals surface area (Å²) in [6.45, 7) is 0.246. The summed E-state index contributed by atoms with van der Waals surface area (Å²) in [5, 5.41) is 4.33. The monoisotopic (exact) mass is 370 g/mol. The van der Waals surface area contributed by atoms with Gasteiger partial charge in [0.05, 0.1) is 14.2 Å². The molecule has 1 heterocycles. The van der Waals surface area contributed by atoms with Gasteiger partial charge in [-0.15, -0.1) is 11.3 Å². The number of hydrogen-bond donors (Lipinski definition) is 2. The molecule has 0 aliphatic rings. The van der Waals surface area contributed by atoms with Crippen LogP contribution in [0.2, 0.25) is 0 Å². The number of benzene rings is 1. The molecule has 2 rings (SSSR count). The lowest BCUT2D eigenvalue weighted by atomic mass is 10.2. The van der Waals surface area contributed by atoms with Crippen LogP contribution in [0.5, 0.6) is 11.5 Å². The third kappa shape index (κ3) is 4.70. The van der Waals surface area contributed by atoms with E-state index in [1.54, 1.807) is 29.6 Å². The lowest BCUT2D eigenvalue weighted by molar-refractivity contribution is 0.0953. The van der Waals surface area contributed by atoms with Crippen molar-refractivity contribution in [1.82, 2.24) is 10.0 Å². The van der Waals surface area contributed by atoms with Gasteiger partial charge in [0.25, 0.3) is 5.91 Å². The summed E-state index contributed by atoms with van der Waals surface area (Å²) < 4.78 is 36.7. The Morgan fingerprint density at radius 2 is 1.79 bits per heavy atom. The predicted octanol–water partition coefficient (Wildman–Crippen LogP) is 1.47. The second-order valence-corrected chi connectivity index (χ2v) is 7.63. The number of methoxy groups -OCH3 is 2. The average molecular weight is 370 g/mol. The highest BCUT2D eigenvalue weighted by atomic mass is 32.2. The molecule has 1 aromatic carbocycles. The van der Waals surface area contributed by atoms with E-state index in [2.05, 4.69) is 10.0 Å². The molecule has 130 valence electrons. The average Bonchev–Trinajstić information content (AvgIpc) is 3.13. The Morgan fingerprint density at radius 1 is 1.12 bits per heavy atom. The molecule has 0 aliphatic heterocycles. The van der Waals surface area contributed by atoms with Crippen LogP contribution >= 0.6 is 11.3 Å². The summed E-state index contributed by atoms with van der Waals surface area (Å²) in [7, 11) is -0.532. The Morgan fingerprint density at radius 3 is 2.33 bits per heavy atom. The Labute approximate surface area is 144 Å². The molecule has 1 aromatic heterocycles. The highest BCUT2D eigenvalue weighted by molar-refractivity contribution is 7.91.